The number of halogens is 1. The van der Waals surface area contributed by atoms with E-state index < -0.39 is 17.9 Å². The van der Waals surface area contributed by atoms with Gasteiger partial charge in [-0.1, -0.05) is 25.1 Å². The van der Waals surface area contributed by atoms with E-state index in [1.807, 2.05) is 6.92 Å². The van der Waals surface area contributed by atoms with Gasteiger partial charge in [0, 0.05) is 38.5 Å². The summed E-state index contributed by atoms with van der Waals surface area (Å²) in [5, 5.41) is 11.9. The second-order valence-corrected chi connectivity index (χ2v) is 7.87. The van der Waals surface area contributed by atoms with Gasteiger partial charge in [-0.2, -0.15) is 0 Å². The van der Waals surface area contributed by atoms with E-state index in [4.69, 9.17) is 14.2 Å². The minimum Gasteiger partial charge on any atom is -0.492 e. The number of carboxylic acids is 1. The van der Waals surface area contributed by atoms with Gasteiger partial charge in [-0.15, -0.1) is 0 Å². The summed E-state index contributed by atoms with van der Waals surface area (Å²) in [5.74, 6) is -0.817. The second kappa shape index (κ2) is 15.7. The van der Waals surface area contributed by atoms with Crippen molar-refractivity contribution in [1.82, 2.24) is 4.90 Å². The molecule has 0 radical (unpaired) electrons. The fourth-order valence-corrected chi connectivity index (χ4v) is 3.32. The summed E-state index contributed by atoms with van der Waals surface area (Å²) in [5.41, 5.74) is 1.20. The van der Waals surface area contributed by atoms with E-state index in [-0.39, 0.29) is 19.1 Å². The van der Waals surface area contributed by atoms with Crippen LogP contribution in [0.5, 0.6) is 5.75 Å². The Morgan fingerprint density at radius 3 is 2.49 bits per heavy atom. The van der Waals surface area contributed by atoms with Crippen molar-refractivity contribution < 1.29 is 33.3 Å². The Kier molecular flexibility index (Phi) is 12.6. The summed E-state index contributed by atoms with van der Waals surface area (Å²) in [6.07, 6.45) is 0.963. The van der Waals surface area contributed by atoms with Gasteiger partial charge < -0.3 is 29.5 Å². The molecule has 9 heteroatoms. The van der Waals surface area contributed by atoms with Crippen LogP contribution in [0.15, 0.2) is 48.5 Å². The maximum Gasteiger partial charge on any atom is 0.333 e. The maximum atomic E-state index is 13.5. The lowest BCUT2D eigenvalue weighted by Crippen LogP contribution is -2.39. The van der Waals surface area contributed by atoms with Crippen LogP contribution in [0.25, 0.3) is 0 Å². The first-order valence-corrected chi connectivity index (χ1v) is 11.9. The Labute approximate surface area is 206 Å². The molecule has 0 heterocycles. The van der Waals surface area contributed by atoms with Crippen molar-refractivity contribution in [3.05, 3.63) is 59.9 Å². The topological polar surface area (TPSA) is 97.3 Å². The highest BCUT2D eigenvalue weighted by molar-refractivity contribution is 5.89. The van der Waals surface area contributed by atoms with E-state index >= 15 is 0 Å². The normalized spacial score (nSPS) is 11.6. The van der Waals surface area contributed by atoms with Crippen molar-refractivity contribution in [3.63, 3.8) is 0 Å². The predicted octanol–water partition coefficient (Wildman–Crippen LogP) is 4.59. The number of ether oxygens (including phenoxy) is 3. The standard InChI is InChI=1S/C26H35FN2O6/c1-3-15-33-16-6-13-29(26(32)28-22-8-5-7-21(27)19-22)14-17-35-23-11-9-20(10-12-23)18-24(25(30)31)34-4-2/h5,7-12,19,24H,3-4,6,13-18H2,1-2H3,(H,28,32)(H,30,31). The number of nitrogens with one attached hydrogen (secondary N) is 1. The fourth-order valence-electron chi connectivity index (χ4n) is 3.32. The van der Waals surface area contributed by atoms with Gasteiger partial charge in [0.25, 0.3) is 0 Å². The molecule has 0 aliphatic rings. The number of urea groups is 1. The molecule has 35 heavy (non-hydrogen) atoms. The number of carbonyl (C=O) groups is 2. The molecule has 0 fully saturated rings. The van der Waals surface area contributed by atoms with Gasteiger partial charge in [0.05, 0.1) is 6.54 Å². The third-order valence-electron chi connectivity index (χ3n) is 5.05. The Hall–Kier alpha value is -3.17. The molecular formula is C26H35FN2O6. The fraction of sp³-hybridized carbons (Fsp3) is 0.462. The average molecular weight is 491 g/mol. The van der Waals surface area contributed by atoms with Crippen LogP contribution in [0.1, 0.15) is 32.3 Å². The van der Waals surface area contributed by atoms with Gasteiger partial charge in [0.1, 0.15) is 18.2 Å². The molecule has 1 atom stereocenters. The highest BCUT2D eigenvalue weighted by Gasteiger charge is 2.18. The molecule has 2 rings (SSSR count). The van der Waals surface area contributed by atoms with Crippen molar-refractivity contribution in [2.75, 3.05) is 44.8 Å². The van der Waals surface area contributed by atoms with Crippen LogP contribution in [-0.2, 0) is 20.7 Å². The third-order valence-corrected chi connectivity index (χ3v) is 5.05. The highest BCUT2D eigenvalue weighted by Crippen LogP contribution is 2.15. The van der Waals surface area contributed by atoms with Gasteiger partial charge in [0.15, 0.2) is 6.10 Å². The molecule has 0 aliphatic carbocycles. The van der Waals surface area contributed by atoms with E-state index in [0.717, 1.165) is 12.0 Å². The Morgan fingerprint density at radius 2 is 1.83 bits per heavy atom. The molecule has 192 valence electrons. The smallest absolute Gasteiger partial charge is 0.333 e. The zero-order valence-corrected chi connectivity index (χ0v) is 20.4. The van der Waals surface area contributed by atoms with Crippen molar-refractivity contribution >= 4 is 17.7 Å². The zero-order valence-electron chi connectivity index (χ0n) is 20.4. The number of carboxylic acid groups (broad SMARTS) is 1. The van der Waals surface area contributed by atoms with Crippen LogP contribution < -0.4 is 10.1 Å². The number of aliphatic carboxylic acids is 1. The first kappa shape index (κ1) is 28.1. The Morgan fingerprint density at radius 1 is 1.06 bits per heavy atom. The van der Waals surface area contributed by atoms with Crippen LogP contribution in [0.4, 0.5) is 14.9 Å². The lowest BCUT2D eigenvalue weighted by molar-refractivity contribution is -0.149. The predicted molar refractivity (Wildman–Crippen MR) is 131 cm³/mol. The molecule has 0 aromatic heterocycles. The summed E-state index contributed by atoms with van der Waals surface area (Å²) in [6.45, 7) is 6.36. The molecule has 0 aliphatic heterocycles. The molecule has 0 saturated carbocycles. The molecule has 0 bridgehead atoms. The lowest BCUT2D eigenvalue weighted by atomic mass is 10.1. The van der Waals surface area contributed by atoms with Gasteiger partial charge in [-0.25, -0.2) is 14.0 Å². The van der Waals surface area contributed by atoms with Crippen molar-refractivity contribution in [3.8, 4) is 5.75 Å². The molecule has 2 N–H and O–H groups in total. The van der Waals surface area contributed by atoms with Gasteiger partial charge in [-0.05, 0) is 55.7 Å². The molecule has 2 amide bonds. The molecule has 0 spiro atoms. The Bertz CT molecular complexity index is 909. The van der Waals surface area contributed by atoms with Gasteiger partial charge >= 0.3 is 12.0 Å². The molecule has 0 saturated heterocycles. The minimum atomic E-state index is -0.996. The zero-order chi connectivity index (χ0) is 25.5. The van der Waals surface area contributed by atoms with Crippen LogP contribution in [0.2, 0.25) is 0 Å². The van der Waals surface area contributed by atoms with E-state index in [1.165, 1.54) is 18.2 Å². The first-order chi connectivity index (χ1) is 16.9. The highest BCUT2D eigenvalue weighted by atomic mass is 19.1. The number of carbonyl (C=O) groups excluding carboxylic acids is 1. The van der Waals surface area contributed by atoms with Gasteiger partial charge in [-0.3, -0.25) is 0 Å². The number of hydrogen-bond donors (Lipinski definition) is 2. The summed E-state index contributed by atoms with van der Waals surface area (Å²) < 4.78 is 30.0. The molecular weight excluding hydrogens is 455 g/mol. The molecule has 8 nitrogen and oxygen atoms in total. The largest absolute Gasteiger partial charge is 0.492 e. The lowest BCUT2D eigenvalue weighted by Gasteiger charge is -2.23. The maximum absolute atomic E-state index is 13.5. The van der Waals surface area contributed by atoms with E-state index in [9.17, 15) is 19.1 Å². The monoisotopic (exact) mass is 490 g/mol. The molecule has 2 aromatic rings. The number of rotatable bonds is 16. The second-order valence-electron chi connectivity index (χ2n) is 7.87. The number of benzene rings is 2. The van der Waals surface area contributed by atoms with E-state index in [2.05, 4.69) is 5.32 Å². The molecule has 2 aromatic carbocycles. The van der Waals surface area contributed by atoms with Crippen molar-refractivity contribution in [2.24, 2.45) is 0 Å². The van der Waals surface area contributed by atoms with Crippen molar-refractivity contribution in [2.45, 2.75) is 39.2 Å². The summed E-state index contributed by atoms with van der Waals surface area (Å²) in [4.78, 5) is 25.6. The van der Waals surface area contributed by atoms with Gasteiger partial charge in [0.2, 0.25) is 0 Å². The number of hydrogen-bond acceptors (Lipinski definition) is 5. The van der Waals surface area contributed by atoms with Crippen LogP contribution in [0, 0.1) is 5.82 Å². The Balaban J connectivity index is 1.90. The molecule has 1 unspecified atom stereocenters. The quantitative estimate of drug-likeness (QED) is 0.334. The SMILES string of the molecule is CCCOCCCN(CCOc1ccc(CC(OCC)C(=O)O)cc1)C(=O)Nc1cccc(F)c1. The number of nitrogens with zero attached hydrogens (tertiary/aromatic N) is 1. The number of amides is 2. The third kappa shape index (κ3) is 10.7. The van der Waals surface area contributed by atoms with Crippen LogP contribution in [-0.4, -0.2) is 67.6 Å². The summed E-state index contributed by atoms with van der Waals surface area (Å²) >= 11 is 0. The van der Waals surface area contributed by atoms with Crippen LogP contribution in [0.3, 0.4) is 0 Å². The average Bonchev–Trinajstić information content (AvgIpc) is 2.83. The minimum absolute atomic E-state index is 0.252. The summed E-state index contributed by atoms with van der Waals surface area (Å²) in [7, 11) is 0. The van der Waals surface area contributed by atoms with E-state index in [0.29, 0.717) is 50.8 Å². The van der Waals surface area contributed by atoms with Crippen LogP contribution >= 0.6 is 0 Å². The number of anilines is 1. The summed E-state index contributed by atoms with van der Waals surface area (Å²) in [6, 6.07) is 12.5. The van der Waals surface area contributed by atoms with E-state index in [1.54, 1.807) is 42.2 Å². The first-order valence-electron chi connectivity index (χ1n) is 11.9. The van der Waals surface area contributed by atoms with Crippen molar-refractivity contribution in [1.29, 1.82) is 0 Å².